The van der Waals surface area contributed by atoms with Crippen LogP contribution in [0.4, 0.5) is 10.6 Å². The summed E-state index contributed by atoms with van der Waals surface area (Å²) in [6.45, 7) is -0.547. The van der Waals surface area contributed by atoms with E-state index in [0.29, 0.717) is 12.8 Å². The number of rotatable bonds is 12. The Labute approximate surface area is 252 Å². The molecule has 0 saturated heterocycles. The second-order valence-electron chi connectivity index (χ2n) is 10.3. The van der Waals surface area contributed by atoms with E-state index in [1.807, 2.05) is 6.07 Å². The molecule has 1 amide bonds. The first-order valence-corrected chi connectivity index (χ1v) is 15.4. The minimum atomic E-state index is -4.56. The molecule has 15 heteroatoms. The van der Waals surface area contributed by atoms with Crippen LogP contribution in [0.1, 0.15) is 41.6 Å². The number of fused-ring (bicyclic) bond motifs is 1. The Morgan fingerprint density at radius 2 is 1.95 bits per heavy atom. The number of anilines is 1. The third kappa shape index (κ3) is 6.96. The number of esters is 1. The van der Waals surface area contributed by atoms with Crippen molar-refractivity contribution in [1.82, 2.24) is 20.2 Å². The van der Waals surface area contributed by atoms with Crippen LogP contribution in [-0.4, -0.2) is 67.7 Å². The van der Waals surface area contributed by atoms with Gasteiger partial charge < -0.3 is 34.8 Å². The molecule has 5 rings (SSSR count). The van der Waals surface area contributed by atoms with E-state index in [1.54, 1.807) is 24.3 Å². The van der Waals surface area contributed by atoms with Gasteiger partial charge in [0.15, 0.2) is 11.6 Å². The van der Waals surface area contributed by atoms with Gasteiger partial charge in [0.05, 0.1) is 48.1 Å². The van der Waals surface area contributed by atoms with Crippen molar-refractivity contribution >= 4 is 38.8 Å². The highest BCUT2D eigenvalue weighted by Crippen LogP contribution is 2.38. The number of nitrogens with two attached hydrogens (primary N) is 1. The lowest BCUT2D eigenvalue weighted by Gasteiger charge is -2.25. The molecule has 1 aliphatic carbocycles. The molecule has 44 heavy (non-hydrogen) atoms. The van der Waals surface area contributed by atoms with Crippen LogP contribution in [0.5, 0.6) is 11.5 Å². The molecule has 0 spiro atoms. The van der Waals surface area contributed by atoms with Crippen molar-refractivity contribution in [1.29, 1.82) is 0 Å². The van der Waals surface area contributed by atoms with Crippen LogP contribution in [0.2, 0.25) is 0 Å². The quantitative estimate of drug-likeness (QED) is 0.144. The molecule has 2 heterocycles. The van der Waals surface area contributed by atoms with E-state index < -0.39 is 45.7 Å². The Morgan fingerprint density at radius 3 is 2.64 bits per heavy atom. The Kier molecular flexibility index (Phi) is 9.37. The predicted molar refractivity (Wildman–Crippen MR) is 158 cm³/mol. The summed E-state index contributed by atoms with van der Waals surface area (Å²) in [4.78, 5) is 25.2. The summed E-state index contributed by atoms with van der Waals surface area (Å²) in [7, 11) is -3.45. The zero-order valence-electron chi connectivity index (χ0n) is 23.8. The van der Waals surface area contributed by atoms with Crippen LogP contribution in [0.25, 0.3) is 10.9 Å². The van der Waals surface area contributed by atoms with E-state index in [0.717, 1.165) is 25.5 Å². The summed E-state index contributed by atoms with van der Waals surface area (Å²) in [6, 6.07) is 10.9. The number of ether oxygens (including phenoxy) is 3. The molecule has 0 aliphatic heterocycles. The average Bonchev–Trinajstić information content (AvgIpc) is 3.79. The number of amides is 1. The second-order valence-corrected chi connectivity index (χ2v) is 12.0. The average molecular weight is 628 g/mol. The number of carbonyl (C=O) groups excluding carboxylic acids is 2. The van der Waals surface area contributed by atoms with Crippen molar-refractivity contribution < 1.29 is 41.7 Å². The van der Waals surface area contributed by atoms with E-state index in [9.17, 15) is 23.1 Å². The lowest BCUT2D eigenvalue weighted by molar-refractivity contribution is 0.0597. The molecule has 1 aliphatic rings. The first-order chi connectivity index (χ1) is 21.2. The number of aliphatic hydroxyl groups excluding tert-OH is 1. The number of H-pyrrole nitrogens is 1. The van der Waals surface area contributed by atoms with E-state index in [-0.39, 0.29) is 46.3 Å². The minimum Gasteiger partial charge on any atom is -0.489 e. The molecule has 234 valence electrons. The van der Waals surface area contributed by atoms with Crippen LogP contribution in [0, 0.1) is 0 Å². The Hall–Kier alpha value is -4.60. The molecule has 1 saturated carbocycles. The number of methoxy groups -OCH3 is 1. The molecule has 6 N–H and O–H groups in total. The first kappa shape index (κ1) is 30.8. The number of aromatic nitrogens is 2. The number of benzene rings is 2. The number of aromatic amines is 1. The minimum absolute atomic E-state index is 0.0576. The van der Waals surface area contributed by atoms with E-state index in [4.69, 9.17) is 24.4 Å². The Morgan fingerprint density at radius 1 is 1.20 bits per heavy atom. The van der Waals surface area contributed by atoms with Crippen molar-refractivity contribution in [2.45, 2.75) is 55.2 Å². The van der Waals surface area contributed by atoms with Gasteiger partial charge in [-0.3, -0.25) is 5.10 Å². The van der Waals surface area contributed by atoms with Crippen molar-refractivity contribution in [3.8, 4) is 11.5 Å². The maximum atomic E-state index is 14.0. The van der Waals surface area contributed by atoms with Gasteiger partial charge in [-0.05, 0) is 37.7 Å². The fourth-order valence-corrected chi connectivity index (χ4v) is 6.53. The second kappa shape index (κ2) is 13.4. The standard InChI is InChI=1S/C29H33N5O9S/c1-40-28(36)25-24-21(33-34-27(24)30)14-23(42-18-9-5-6-10-18)26(25)44(38,39)31-15-22(35)20(13-17-7-3-2-4-8-17)32-29(37)43-19-11-12-41-16-19/h2-4,7-8,11-12,14,16,18,20,22,31,35H,5-6,9-10,13,15H2,1H3,(H,32,37)(H3,30,33,34)/t20-,22+/m0/s1. The normalized spacial score (nSPS) is 15.1. The number of hydrogen-bond donors (Lipinski definition) is 5. The predicted octanol–water partition coefficient (Wildman–Crippen LogP) is 2.89. The van der Waals surface area contributed by atoms with Gasteiger partial charge in [-0.15, -0.1) is 0 Å². The number of carbonyl (C=O) groups is 2. The van der Waals surface area contributed by atoms with Gasteiger partial charge in [0.1, 0.15) is 16.9 Å². The SMILES string of the molecule is COC(=O)c1c(S(=O)(=O)NC[C@@H](O)[C@H](Cc2ccccc2)NC(=O)Oc2ccoc2)c(OC2CCCC2)cc2[nH]nc(N)c12. The van der Waals surface area contributed by atoms with Crippen LogP contribution < -0.4 is 25.2 Å². The highest BCUT2D eigenvalue weighted by molar-refractivity contribution is 7.89. The highest BCUT2D eigenvalue weighted by Gasteiger charge is 2.35. The highest BCUT2D eigenvalue weighted by atomic mass is 32.2. The summed E-state index contributed by atoms with van der Waals surface area (Å²) in [5, 5.41) is 20.5. The molecule has 4 aromatic rings. The van der Waals surface area contributed by atoms with E-state index in [2.05, 4.69) is 20.2 Å². The van der Waals surface area contributed by atoms with Crippen molar-refractivity contribution in [3.05, 3.63) is 66.1 Å². The number of aliphatic hydroxyl groups is 1. The summed E-state index contributed by atoms with van der Waals surface area (Å²) < 4.78 is 51.5. The summed E-state index contributed by atoms with van der Waals surface area (Å²) >= 11 is 0. The smallest absolute Gasteiger partial charge is 0.413 e. The van der Waals surface area contributed by atoms with E-state index in [1.165, 1.54) is 24.7 Å². The molecule has 0 unspecified atom stereocenters. The molecule has 14 nitrogen and oxygen atoms in total. The van der Waals surface area contributed by atoms with Crippen LogP contribution in [-0.2, 0) is 21.2 Å². The number of furan rings is 1. The number of hydrogen-bond acceptors (Lipinski definition) is 11. The molecule has 0 bridgehead atoms. The van der Waals surface area contributed by atoms with Gasteiger partial charge in [-0.2, -0.15) is 5.10 Å². The van der Waals surface area contributed by atoms with Gasteiger partial charge >= 0.3 is 12.1 Å². The monoisotopic (exact) mass is 627 g/mol. The fourth-order valence-electron chi connectivity index (χ4n) is 5.17. The summed E-state index contributed by atoms with van der Waals surface area (Å²) in [5.74, 6) is -1.01. The molecule has 1 fully saturated rings. The van der Waals surface area contributed by atoms with Crippen LogP contribution in [0.15, 0.2) is 64.3 Å². The fraction of sp³-hybridized carbons (Fsp3) is 0.345. The zero-order chi connectivity index (χ0) is 31.3. The number of sulfonamides is 1. The number of nitrogens with one attached hydrogen (secondary N) is 3. The zero-order valence-corrected chi connectivity index (χ0v) is 24.6. The Bertz CT molecular complexity index is 1700. The van der Waals surface area contributed by atoms with Crippen molar-refractivity contribution in [2.24, 2.45) is 0 Å². The molecule has 2 aromatic heterocycles. The Balaban J connectivity index is 1.44. The lowest BCUT2D eigenvalue weighted by atomic mass is 10.0. The van der Waals surface area contributed by atoms with Crippen LogP contribution >= 0.6 is 0 Å². The van der Waals surface area contributed by atoms with Gasteiger partial charge in [0.2, 0.25) is 10.0 Å². The maximum Gasteiger partial charge on any atom is 0.413 e. The topological polar surface area (TPSA) is 208 Å². The van der Waals surface area contributed by atoms with E-state index >= 15 is 0 Å². The first-order valence-electron chi connectivity index (χ1n) is 13.9. The molecular formula is C29H33N5O9S. The third-order valence-electron chi connectivity index (χ3n) is 7.31. The summed E-state index contributed by atoms with van der Waals surface area (Å²) in [6.07, 6.45) is 3.37. The van der Waals surface area contributed by atoms with Gasteiger partial charge in [0.25, 0.3) is 0 Å². The van der Waals surface area contributed by atoms with Gasteiger partial charge in [0, 0.05) is 18.7 Å². The molecule has 2 atom stereocenters. The van der Waals surface area contributed by atoms with Gasteiger partial charge in [-0.25, -0.2) is 22.7 Å². The molecule has 2 aromatic carbocycles. The maximum absolute atomic E-state index is 14.0. The largest absolute Gasteiger partial charge is 0.489 e. The molecule has 0 radical (unpaired) electrons. The van der Waals surface area contributed by atoms with Crippen LogP contribution in [0.3, 0.4) is 0 Å². The van der Waals surface area contributed by atoms with Crippen molar-refractivity contribution in [3.63, 3.8) is 0 Å². The van der Waals surface area contributed by atoms with Gasteiger partial charge in [-0.1, -0.05) is 30.3 Å². The lowest BCUT2D eigenvalue weighted by Crippen LogP contribution is -2.50. The third-order valence-corrected chi connectivity index (χ3v) is 8.80. The molecular weight excluding hydrogens is 594 g/mol. The number of nitrogens with zero attached hydrogens (tertiary/aromatic N) is 1. The van der Waals surface area contributed by atoms with Crippen molar-refractivity contribution in [2.75, 3.05) is 19.4 Å². The number of nitrogen functional groups attached to an aromatic ring is 1. The summed E-state index contributed by atoms with van der Waals surface area (Å²) in [5.41, 5.74) is 6.73.